The minimum absolute atomic E-state index is 0.178. The number of anilines is 2. The van der Waals surface area contributed by atoms with Crippen LogP contribution in [0.15, 0.2) is 71.8 Å². The number of para-hydroxylation sites is 1. The van der Waals surface area contributed by atoms with Crippen molar-refractivity contribution in [2.24, 2.45) is 0 Å². The Morgan fingerprint density at radius 3 is 2.45 bits per heavy atom. The second-order valence-electron chi connectivity index (χ2n) is 8.08. The normalized spacial score (nSPS) is 16.1. The van der Waals surface area contributed by atoms with Crippen LogP contribution in [0, 0.1) is 0 Å². The molecule has 2 N–H and O–H groups in total. The summed E-state index contributed by atoms with van der Waals surface area (Å²) in [6.07, 6.45) is 2.73. The van der Waals surface area contributed by atoms with E-state index in [1.807, 2.05) is 42.5 Å². The fraction of sp³-hybridized carbons (Fsp3) is 0.333. The molecule has 0 atom stereocenters. The zero-order valence-electron chi connectivity index (χ0n) is 17.7. The summed E-state index contributed by atoms with van der Waals surface area (Å²) < 4.78 is 6.70. The van der Waals surface area contributed by atoms with Crippen molar-refractivity contribution in [1.82, 2.24) is 14.5 Å². The van der Waals surface area contributed by atoms with Crippen molar-refractivity contribution < 1.29 is 9.84 Å². The predicted octanol–water partition coefficient (Wildman–Crippen LogP) is 3.02. The molecule has 7 heteroatoms. The van der Waals surface area contributed by atoms with Gasteiger partial charge in [0.15, 0.2) is 0 Å². The minimum atomic E-state index is -0.906. The molecule has 1 saturated heterocycles. The molecule has 2 heterocycles. The summed E-state index contributed by atoms with van der Waals surface area (Å²) >= 11 is 0. The summed E-state index contributed by atoms with van der Waals surface area (Å²) in [5, 5.41) is 14.2. The highest BCUT2D eigenvalue weighted by Gasteiger charge is 2.33. The fourth-order valence-corrected chi connectivity index (χ4v) is 3.87. The number of likely N-dealkylation sites (tertiary alicyclic amines) is 1. The van der Waals surface area contributed by atoms with E-state index in [1.54, 1.807) is 7.11 Å². The van der Waals surface area contributed by atoms with Gasteiger partial charge in [0.05, 0.1) is 25.6 Å². The number of hydrogen-bond donors (Lipinski definition) is 2. The highest BCUT2D eigenvalue weighted by molar-refractivity contribution is 5.54. The molecule has 0 bridgehead atoms. The smallest absolute Gasteiger partial charge is 0.255 e. The Labute approximate surface area is 181 Å². The first-order valence-electron chi connectivity index (χ1n) is 10.5. The van der Waals surface area contributed by atoms with E-state index in [0.29, 0.717) is 18.7 Å². The van der Waals surface area contributed by atoms with Crippen LogP contribution in [0.5, 0.6) is 5.75 Å². The molecular formula is C24H28N4O3. The SMILES string of the molecule is COc1ccc(CN2CCC(O)(Cn3cnc(Nc4ccccc4)cc3=O)CC2)cc1. The van der Waals surface area contributed by atoms with E-state index < -0.39 is 5.60 Å². The Balaban J connectivity index is 1.33. The molecule has 0 radical (unpaired) electrons. The number of nitrogens with one attached hydrogen (secondary N) is 1. The molecule has 1 aliphatic rings. The van der Waals surface area contributed by atoms with E-state index in [1.165, 1.54) is 22.5 Å². The summed E-state index contributed by atoms with van der Waals surface area (Å²) in [6, 6.07) is 19.1. The van der Waals surface area contributed by atoms with Crippen LogP contribution >= 0.6 is 0 Å². The van der Waals surface area contributed by atoms with Gasteiger partial charge in [-0.3, -0.25) is 14.3 Å². The number of benzene rings is 2. The van der Waals surface area contributed by atoms with Crippen molar-refractivity contribution in [3.05, 3.63) is 82.9 Å². The highest BCUT2D eigenvalue weighted by Crippen LogP contribution is 2.25. The van der Waals surface area contributed by atoms with Gasteiger partial charge in [-0.25, -0.2) is 4.98 Å². The molecule has 0 saturated carbocycles. The zero-order chi connectivity index (χ0) is 21.7. The Morgan fingerprint density at radius 2 is 1.81 bits per heavy atom. The van der Waals surface area contributed by atoms with Crippen molar-refractivity contribution in [3.63, 3.8) is 0 Å². The van der Waals surface area contributed by atoms with Crippen molar-refractivity contribution in [2.45, 2.75) is 31.5 Å². The topological polar surface area (TPSA) is 79.6 Å². The number of methoxy groups -OCH3 is 1. The number of rotatable bonds is 7. The number of piperidine rings is 1. The standard InChI is InChI=1S/C24H28N4O3/c1-31-21-9-7-19(8-10-21)16-27-13-11-24(30,12-14-27)17-28-18-25-22(15-23(28)29)26-20-5-3-2-4-6-20/h2-10,15,18,26,30H,11-14,16-17H2,1H3. The van der Waals surface area contributed by atoms with Crippen LogP contribution in [-0.4, -0.2) is 45.4 Å². The average molecular weight is 421 g/mol. The van der Waals surface area contributed by atoms with Crippen LogP contribution in [0.25, 0.3) is 0 Å². The lowest BCUT2D eigenvalue weighted by Crippen LogP contribution is -2.47. The Bertz CT molecular complexity index is 1040. The van der Waals surface area contributed by atoms with Gasteiger partial charge in [-0.2, -0.15) is 0 Å². The molecule has 1 aromatic heterocycles. The molecule has 0 amide bonds. The molecule has 162 valence electrons. The van der Waals surface area contributed by atoms with Gasteiger partial charge in [-0.15, -0.1) is 0 Å². The molecule has 2 aromatic carbocycles. The van der Waals surface area contributed by atoms with Gasteiger partial charge in [0.2, 0.25) is 0 Å². The predicted molar refractivity (Wildman–Crippen MR) is 121 cm³/mol. The first-order valence-corrected chi connectivity index (χ1v) is 10.5. The largest absolute Gasteiger partial charge is 0.497 e. The second kappa shape index (κ2) is 9.32. The zero-order valence-corrected chi connectivity index (χ0v) is 17.7. The molecule has 3 aromatic rings. The van der Waals surface area contributed by atoms with Gasteiger partial charge in [-0.05, 0) is 42.7 Å². The van der Waals surface area contributed by atoms with Gasteiger partial charge >= 0.3 is 0 Å². The molecule has 0 spiro atoms. The third-order valence-corrected chi connectivity index (χ3v) is 5.74. The number of ether oxygens (including phenoxy) is 1. The summed E-state index contributed by atoms with van der Waals surface area (Å²) in [6.45, 7) is 2.64. The van der Waals surface area contributed by atoms with E-state index >= 15 is 0 Å². The summed E-state index contributed by atoms with van der Waals surface area (Å²) in [4.78, 5) is 19.2. The van der Waals surface area contributed by atoms with E-state index in [-0.39, 0.29) is 12.1 Å². The molecule has 0 unspecified atom stereocenters. The molecule has 7 nitrogen and oxygen atoms in total. The Hall–Kier alpha value is -3.16. The van der Waals surface area contributed by atoms with Crippen molar-refractivity contribution in [3.8, 4) is 5.75 Å². The van der Waals surface area contributed by atoms with E-state index in [4.69, 9.17) is 4.74 Å². The number of hydrogen-bond acceptors (Lipinski definition) is 6. The van der Waals surface area contributed by atoms with E-state index in [9.17, 15) is 9.90 Å². The van der Waals surface area contributed by atoms with Gasteiger partial charge < -0.3 is 15.2 Å². The molecule has 31 heavy (non-hydrogen) atoms. The van der Waals surface area contributed by atoms with E-state index in [2.05, 4.69) is 27.3 Å². The average Bonchev–Trinajstić information content (AvgIpc) is 2.79. The fourth-order valence-electron chi connectivity index (χ4n) is 3.87. The Kier molecular flexibility index (Phi) is 6.34. The summed E-state index contributed by atoms with van der Waals surface area (Å²) in [5.41, 5.74) is 1.00. The van der Waals surface area contributed by atoms with Crippen LogP contribution in [-0.2, 0) is 13.1 Å². The van der Waals surface area contributed by atoms with Crippen LogP contribution < -0.4 is 15.6 Å². The van der Waals surface area contributed by atoms with Crippen LogP contribution in [0.4, 0.5) is 11.5 Å². The molecule has 1 fully saturated rings. The summed E-state index contributed by atoms with van der Waals surface area (Å²) in [7, 11) is 1.66. The van der Waals surface area contributed by atoms with Gasteiger partial charge in [0.1, 0.15) is 11.6 Å². The lowest BCUT2D eigenvalue weighted by atomic mass is 9.91. The van der Waals surface area contributed by atoms with Gasteiger partial charge in [0.25, 0.3) is 5.56 Å². The lowest BCUT2D eigenvalue weighted by molar-refractivity contribution is -0.0365. The minimum Gasteiger partial charge on any atom is -0.497 e. The van der Waals surface area contributed by atoms with Gasteiger partial charge in [-0.1, -0.05) is 30.3 Å². The van der Waals surface area contributed by atoms with Crippen LogP contribution in [0.3, 0.4) is 0 Å². The molecule has 1 aliphatic heterocycles. The third kappa shape index (κ3) is 5.51. The summed E-state index contributed by atoms with van der Waals surface area (Å²) in [5.74, 6) is 1.34. The van der Waals surface area contributed by atoms with Crippen LogP contribution in [0.2, 0.25) is 0 Å². The van der Waals surface area contributed by atoms with E-state index in [0.717, 1.165) is 31.1 Å². The number of aliphatic hydroxyl groups is 1. The van der Waals surface area contributed by atoms with Crippen LogP contribution in [0.1, 0.15) is 18.4 Å². The van der Waals surface area contributed by atoms with Crippen molar-refractivity contribution in [2.75, 3.05) is 25.5 Å². The molecule has 4 rings (SSSR count). The first-order chi connectivity index (χ1) is 15.0. The van der Waals surface area contributed by atoms with Gasteiger partial charge in [0, 0.05) is 31.4 Å². The van der Waals surface area contributed by atoms with Crippen molar-refractivity contribution in [1.29, 1.82) is 0 Å². The number of nitrogens with zero attached hydrogens (tertiary/aromatic N) is 3. The quantitative estimate of drug-likeness (QED) is 0.612. The lowest BCUT2D eigenvalue weighted by Gasteiger charge is -2.38. The van der Waals surface area contributed by atoms with Crippen molar-refractivity contribution >= 4 is 11.5 Å². The molecule has 0 aliphatic carbocycles. The maximum Gasteiger partial charge on any atom is 0.255 e. The molecular weight excluding hydrogens is 392 g/mol. The maximum atomic E-state index is 12.6. The number of aromatic nitrogens is 2. The third-order valence-electron chi connectivity index (χ3n) is 5.74. The second-order valence-corrected chi connectivity index (χ2v) is 8.08. The maximum absolute atomic E-state index is 12.6. The highest BCUT2D eigenvalue weighted by atomic mass is 16.5. The Morgan fingerprint density at radius 1 is 1.10 bits per heavy atom. The monoisotopic (exact) mass is 420 g/mol. The first kappa shape index (κ1) is 21.1.